The fraction of sp³-hybridized carbons (Fsp3) is 0.0909. The van der Waals surface area contributed by atoms with Crippen molar-refractivity contribution in [2.45, 2.75) is 10.8 Å². The maximum Gasteiger partial charge on any atom is 0.346 e. The van der Waals surface area contributed by atoms with Crippen LogP contribution in [0.2, 0.25) is 5.02 Å². The quantitative estimate of drug-likeness (QED) is 0.869. The molecule has 2 aromatic heterocycles. The van der Waals surface area contributed by atoms with Crippen LogP contribution in [0.5, 0.6) is 0 Å². The second-order valence-electron chi connectivity index (χ2n) is 3.16. The molecule has 0 spiro atoms. The van der Waals surface area contributed by atoms with Gasteiger partial charge in [-0.1, -0.05) is 11.6 Å². The average molecular weight is 286 g/mol. The minimum atomic E-state index is -0.886. The third-order valence-electron chi connectivity index (χ3n) is 2.03. The molecule has 0 aliphatic carbocycles. The minimum absolute atomic E-state index is 0.379. The Morgan fingerprint density at radius 2 is 2.35 bits per heavy atom. The molecule has 3 nitrogen and oxygen atoms in total. The molecular weight excluding hydrogens is 278 g/mol. The molecule has 0 aliphatic heterocycles. The van der Waals surface area contributed by atoms with Gasteiger partial charge in [-0.2, -0.15) is 0 Å². The lowest BCUT2D eigenvalue weighted by Crippen LogP contribution is -1.96. The fourth-order valence-corrected chi connectivity index (χ4v) is 3.27. The number of aromatic nitrogens is 1. The van der Waals surface area contributed by atoms with Crippen molar-refractivity contribution < 1.29 is 9.90 Å². The molecule has 1 N–H and O–H groups in total. The van der Waals surface area contributed by atoms with Crippen molar-refractivity contribution in [1.29, 1.82) is 0 Å². The molecule has 0 saturated carbocycles. The molecule has 0 amide bonds. The van der Waals surface area contributed by atoms with E-state index in [1.807, 2.05) is 6.07 Å². The summed E-state index contributed by atoms with van der Waals surface area (Å²) in [6, 6.07) is 5.35. The van der Waals surface area contributed by atoms with Gasteiger partial charge in [0.05, 0.1) is 5.02 Å². The molecule has 17 heavy (non-hydrogen) atoms. The summed E-state index contributed by atoms with van der Waals surface area (Å²) in [6.45, 7) is 0. The second-order valence-corrected chi connectivity index (χ2v) is 5.45. The Morgan fingerprint density at radius 3 is 3.06 bits per heavy atom. The van der Waals surface area contributed by atoms with Crippen molar-refractivity contribution in [3.05, 3.63) is 45.2 Å². The Hall–Kier alpha value is -1.04. The highest BCUT2D eigenvalue weighted by Crippen LogP contribution is 2.29. The first-order valence-corrected chi connectivity index (χ1v) is 6.96. The van der Waals surface area contributed by atoms with Gasteiger partial charge in [-0.05, 0) is 29.1 Å². The number of rotatable bonds is 4. The number of thioether (sulfide) groups is 1. The van der Waals surface area contributed by atoms with Gasteiger partial charge in [0.25, 0.3) is 0 Å². The smallest absolute Gasteiger partial charge is 0.346 e. The summed E-state index contributed by atoms with van der Waals surface area (Å²) in [4.78, 5) is 15.4. The number of pyridine rings is 1. The lowest BCUT2D eigenvalue weighted by molar-refractivity contribution is 0.0701. The van der Waals surface area contributed by atoms with Crippen LogP contribution in [0, 0.1) is 0 Å². The lowest BCUT2D eigenvalue weighted by Gasteiger charge is -2.02. The van der Waals surface area contributed by atoms with Gasteiger partial charge < -0.3 is 5.11 Å². The molecule has 2 rings (SSSR count). The predicted octanol–water partition coefficient (Wildman–Crippen LogP) is 3.79. The van der Waals surface area contributed by atoms with Crippen LogP contribution in [0.3, 0.4) is 0 Å². The summed E-state index contributed by atoms with van der Waals surface area (Å²) < 4.78 is 0. The number of hydrogen-bond donors (Lipinski definition) is 1. The number of halogens is 1. The summed E-state index contributed by atoms with van der Waals surface area (Å²) in [5.74, 6) is -0.329. The summed E-state index contributed by atoms with van der Waals surface area (Å²) in [5, 5.41) is 12.0. The highest BCUT2D eigenvalue weighted by atomic mass is 35.5. The van der Waals surface area contributed by atoms with Crippen LogP contribution in [0.15, 0.2) is 34.8 Å². The molecule has 0 fully saturated rings. The largest absolute Gasteiger partial charge is 0.477 e. The SMILES string of the molecule is O=C(O)c1sccc1CSc1ncccc1Cl. The van der Waals surface area contributed by atoms with Crippen molar-refractivity contribution in [3.8, 4) is 0 Å². The van der Waals surface area contributed by atoms with Gasteiger partial charge in [-0.3, -0.25) is 0 Å². The van der Waals surface area contributed by atoms with E-state index in [0.29, 0.717) is 15.7 Å². The first kappa shape index (κ1) is 12.4. The highest BCUT2D eigenvalue weighted by Gasteiger charge is 2.12. The molecule has 2 aromatic rings. The van der Waals surface area contributed by atoms with E-state index in [-0.39, 0.29) is 0 Å². The second kappa shape index (κ2) is 5.53. The Morgan fingerprint density at radius 1 is 1.53 bits per heavy atom. The number of aromatic carboxylic acids is 1. The van der Waals surface area contributed by atoms with Gasteiger partial charge in [0.15, 0.2) is 0 Å². The van der Waals surface area contributed by atoms with Crippen molar-refractivity contribution in [3.63, 3.8) is 0 Å². The Kier molecular flexibility index (Phi) is 4.04. The summed E-state index contributed by atoms with van der Waals surface area (Å²) in [5.41, 5.74) is 0.800. The van der Waals surface area contributed by atoms with Gasteiger partial charge in [0, 0.05) is 11.9 Å². The van der Waals surface area contributed by atoms with Gasteiger partial charge >= 0.3 is 5.97 Å². The van der Waals surface area contributed by atoms with Crippen molar-refractivity contribution >= 4 is 40.7 Å². The first-order valence-electron chi connectivity index (χ1n) is 4.71. The zero-order valence-corrected chi connectivity index (χ0v) is 11.0. The zero-order valence-electron chi connectivity index (χ0n) is 8.59. The van der Waals surface area contributed by atoms with E-state index in [4.69, 9.17) is 16.7 Å². The van der Waals surface area contributed by atoms with E-state index >= 15 is 0 Å². The van der Waals surface area contributed by atoms with E-state index in [1.165, 1.54) is 23.1 Å². The number of carbonyl (C=O) groups is 1. The van der Waals surface area contributed by atoms with Gasteiger partial charge in [-0.15, -0.1) is 23.1 Å². The van der Waals surface area contributed by atoms with Crippen LogP contribution in [-0.2, 0) is 5.75 Å². The van der Waals surface area contributed by atoms with Crippen LogP contribution in [0.1, 0.15) is 15.2 Å². The van der Waals surface area contributed by atoms with E-state index in [9.17, 15) is 4.79 Å². The third-order valence-corrected chi connectivity index (χ3v) is 4.45. The zero-order chi connectivity index (χ0) is 12.3. The van der Waals surface area contributed by atoms with E-state index in [1.54, 1.807) is 23.7 Å². The topological polar surface area (TPSA) is 50.2 Å². The third kappa shape index (κ3) is 3.00. The Balaban J connectivity index is 2.10. The fourth-order valence-electron chi connectivity index (χ4n) is 1.26. The molecule has 2 heterocycles. The number of hydrogen-bond acceptors (Lipinski definition) is 4. The molecule has 88 valence electrons. The van der Waals surface area contributed by atoms with Crippen molar-refractivity contribution in [2.75, 3.05) is 0 Å². The standard InChI is InChI=1S/C11H8ClNO2S2/c12-8-2-1-4-13-10(8)17-6-7-3-5-16-9(7)11(14)15/h1-5H,6H2,(H,14,15). The molecule has 0 unspecified atom stereocenters. The molecule has 6 heteroatoms. The number of nitrogens with zero attached hydrogens (tertiary/aromatic N) is 1. The van der Waals surface area contributed by atoms with Gasteiger partial charge in [0.2, 0.25) is 0 Å². The van der Waals surface area contributed by atoms with Crippen molar-refractivity contribution in [2.24, 2.45) is 0 Å². The molecule has 0 aromatic carbocycles. The predicted molar refractivity (Wildman–Crippen MR) is 70.1 cm³/mol. The Labute approximate surface area is 111 Å². The van der Waals surface area contributed by atoms with E-state index in [2.05, 4.69) is 4.98 Å². The van der Waals surface area contributed by atoms with Crippen LogP contribution >= 0.6 is 34.7 Å². The van der Waals surface area contributed by atoms with E-state index in [0.717, 1.165) is 10.6 Å². The first-order chi connectivity index (χ1) is 8.18. The molecule has 0 radical (unpaired) electrons. The van der Waals surface area contributed by atoms with Crippen LogP contribution in [0.4, 0.5) is 0 Å². The van der Waals surface area contributed by atoms with Crippen LogP contribution in [0.25, 0.3) is 0 Å². The molecule has 0 saturated heterocycles. The Bertz CT molecular complexity index is 542. The summed E-state index contributed by atoms with van der Waals surface area (Å²) in [7, 11) is 0. The molecule has 0 bridgehead atoms. The normalized spacial score (nSPS) is 10.4. The average Bonchev–Trinajstić information content (AvgIpc) is 2.76. The number of thiophene rings is 1. The molecular formula is C11H8ClNO2S2. The van der Waals surface area contributed by atoms with Crippen molar-refractivity contribution in [1.82, 2.24) is 4.98 Å². The highest BCUT2D eigenvalue weighted by molar-refractivity contribution is 7.98. The summed E-state index contributed by atoms with van der Waals surface area (Å²) in [6.07, 6.45) is 1.67. The summed E-state index contributed by atoms with van der Waals surface area (Å²) >= 11 is 8.64. The maximum atomic E-state index is 10.9. The number of carboxylic acids is 1. The monoisotopic (exact) mass is 285 g/mol. The van der Waals surface area contributed by atoms with Gasteiger partial charge in [-0.25, -0.2) is 9.78 Å². The van der Waals surface area contributed by atoms with Crippen LogP contribution < -0.4 is 0 Å². The number of carboxylic acid groups (broad SMARTS) is 1. The maximum absolute atomic E-state index is 10.9. The molecule has 0 atom stereocenters. The van der Waals surface area contributed by atoms with Gasteiger partial charge in [0.1, 0.15) is 9.90 Å². The van der Waals surface area contributed by atoms with E-state index < -0.39 is 5.97 Å². The molecule has 0 aliphatic rings. The van der Waals surface area contributed by atoms with Crippen LogP contribution in [-0.4, -0.2) is 16.1 Å². The lowest BCUT2D eigenvalue weighted by atomic mass is 10.3. The minimum Gasteiger partial charge on any atom is -0.477 e.